The molecule has 0 saturated carbocycles. The van der Waals surface area contributed by atoms with Crippen LogP contribution in [0.1, 0.15) is 20.3 Å². The number of rotatable bonds is 5. The van der Waals surface area contributed by atoms with E-state index < -0.39 is 15.8 Å². The van der Waals surface area contributed by atoms with Crippen molar-refractivity contribution in [2.24, 2.45) is 5.92 Å². The number of hydrogen-bond donors (Lipinski definition) is 1. The van der Waals surface area contributed by atoms with Crippen LogP contribution < -0.4 is 5.73 Å². The van der Waals surface area contributed by atoms with Crippen molar-refractivity contribution in [1.82, 2.24) is 4.31 Å². The number of anilines is 1. The Morgan fingerprint density at radius 3 is 2.53 bits per heavy atom. The van der Waals surface area contributed by atoms with Crippen molar-refractivity contribution < 1.29 is 12.8 Å². The van der Waals surface area contributed by atoms with Crippen LogP contribution in [0.3, 0.4) is 0 Å². The van der Waals surface area contributed by atoms with Gasteiger partial charge in [0, 0.05) is 13.6 Å². The molecule has 1 rings (SSSR count). The van der Waals surface area contributed by atoms with E-state index in [1.54, 1.807) is 0 Å². The fourth-order valence-electron chi connectivity index (χ4n) is 1.50. The van der Waals surface area contributed by atoms with Gasteiger partial charge in [0.15, 0.2) is 0 Å². The number of hydrogen-bond acceptors (Lipinski definition) is 3. The molecule has 0 spiro atoms. The topological polar surface area (TPSA) is 63.4 Å². The van der Waals surface area contributed by atoms with Crippen molar-refractivity contribution >= 4 is 31.6 Å². The molecule has 19 heavy (non-hydrogen) atoms. The Kier molecular flexibility index (Phi) is 5.34. The molecule has 7 heteroatoms. The van der Waals surface area contributed by atoms with E-state index in [0.717, 1.165) is 12.5 Å². The highest BCUT2D eigenvalue weighted by molar-refractivity contribution is 9.10. The van der Waals surface area contributed by atoms with Crippen LogP contribution in [0.5, 0.6) is 0 Å². The summed E-state index contributed by atoms with van der Waals surface area (Å²) in [6.07, 6.45) is 0.748. The van der Waals surface area contributed by atoms with Gasteiger partial charge in [-0.2, -0.15) is 0 Å². The lowest BCUT2D eigenvalue weighted by Gasteiger charge is -2.19. The van der Waals surface area contributed by atoms with Crippen LogP contribution in [0.4, 0.5) is 10.1 Å². The second kappa shape index (κ2) is 6.19. The zero-order valence-corrected chi connectivity index (χ0v) is 13.6. The fraction of sp³-hybridized carbons (Fsp3) is 0.500. The van der Waals surface area contributed by atoms with E-state index in [9.17, 15) is 12.8 Å². The fourth-order valence-corrected chi connectivity index (χ4v) is 3.30. The zero-order valence-electron chi connectivity index (χ0n) is 11.2. The first-order valence-corrected chi connectivity index (χ1v) is 8.10. The van der Waals surface area contributed by atoms with Gasteiger partial charge in [0.05, 0.1) is 10.2 Å². The lowest BCUT2D eigenvalue weighted by atomic mass is 10.1. The van der Waals surface area contributed by atoms with Crippen molar-refractivity contribution in [1.29, 1.82) is 0 Å². The molecule has 0 amide bonds. The van der Waals surface area contributed by atoms with Crippen molar-refractivity contribution in [3.8, 4) is 0 Å². The minimum absolute atomic E-state index is 0.0768. The molecule has 0 unspecified atom stereocenters. The molecule has 0 aliphatic carbocycles. The van der Waals surface area contributed by atoms with Crippen molar-refractivity contribution in [3.05, 3.63) is 22.4 Å². The Hall–Kier alpha value is -0.660. The summed E-state index contributed by atoms with van der Waals surface area (Å²) >= 11 is 2.97. The van der Waals surface area contributed by atoms with Gasteiger partial charge >= 0.3 is 0 Å². The molecule has 0 aliphatic heterocycles. The van der Waals surface area contributed by atoms with Crippen LogP contribution in [-0.2, 0) is 10.0 Å². The number of sulfonamides is 1. The summed E-state index contributed by atoms with van der Waals surface area (Å²) in [5, 5.41) is 0. The van der Waals surface area contributed by atoms with Crippen LogP contribution in [0.25, 0.3) is 0 Å². The summed E-state index contributed by atoms with van der Waals surface area (Å²) in [4.78, 5) is -0.0768. The van der Waals surface area contributed by atoms with E-state index in [0.29, 0.717) is 12.5 Å². The van der Waals surface area contributed by atoms with Crippen molar-refractivity contribution in [3.63, 3.8) is 0 Å². The highest BCUT2D eigenvalue weighted by Crippen LogP contribution is 2.28. The number of nitrogens with two attached hydrogens (primary N) is 1. The second-order valence-electron chi connectivity index (χ2n) is 4.81. The Balaban J connectivity index is 3.10. The van der Waals surface area contributed by atoms with E-state index in [2.05, 4.69) is 15.9 Å². The Bertz CT molecular complexity index is 561. The van der Waals surface area contributed by atoms with Crippen LogP contribution in [-0.4, -0.2) is 26.3 Å². The van der Waals surface area contributed by atoms with E-state index >= 15 is 0 Å². The summed E-state index contributed by atoms with van der Waals surface area (Å²) in [6.45, 7) is 4.43. The predicted molar refractivity (Wildman–Crippen MR) is 77.8 cm³/mol. The highest BCUT2D eigenvalue weighted by atomic mass is 79.9. The van der Waals surface area contributed by atoms with Gasteiger partial charge in [-0.05, 0) is 40.4 Å². The third kappa shape index (κ3) is 3.90. The number of nitrogens with zero attached hydrogens (tertiary/aromatic N) is 1. The average Bonchev–Trinajstić information content (AvgIpc) is 2.30. The van der Waals surface area contributed by atoms with Gasteiger partial charge in [0.25, 0.3) is 0 Å². The van der Waals surface area contributed by atoms with E-state index in [4.69, 9.17) is 5.73 Å². The smallest absolute Gasteiger partial charge is 0.244 e. The molecule has 0 saturated heterocycles. The molecule has 108 valence electrons. The van der Waals surface area contributed by atoms with Crippen molar-refractivity contribution in [2.75, 3.05) is 19.3 Å². The molecule has 0 bridgehead atoms. The van der Waals surface area contributed by atoms with Gasteiger partial charge in [0.2, 0.25) is 10.0 Å². The number of halogens is 2. The van der Waals surface area contributed by atoms with Gasteiger partial charge < -0.3 is 5.73 Å². The lowest BCUT2D eigenvalue weighted by Crippen LogP contribution is -2.29. The Morgan fingerprint density at radius 1 is 1.42 bits per heavy atom. The van der Waals surface area contributed by atoms with Crippen LogP contribution >= 0.6 is 15.9 Å². The third-order valence-corrected chi connectivity index (χ3v) is 5.28. The number of nitrogen functional groups attached to an aromatic ring is 1. The van der Waals surface area contributed by atoms with Crippen LogP contribution in [0, 0.1) is 11.7 Å². The number of benzene rings is 1. The van der Waals surface area contributed by atoms with Gasteiger partial charge in [-0.3, -0.25) is 0 Å². The van der Waals surface area contributed by atoms with Gasteiger partial charge in [-0.25, -0.2) is 17.1 Å². The molecule has 0 aromatic heterocycles. The molecule has 0 fully saturated rings. The van der Waals surface area contributed by atoms with Crippen LogP contribution in [0.15, 0.2) is 21.5 Å². The van der Waals surface area contributed by atoms with Gasteiger partial charge in [-0.1, -0.05) is 13.8 Å². The van der Waals surface area contributed by atoms with E-state index in [1.807, 2.05) is 13.8 Å². The first-order valence-electron chi connectivity index (χ1n) is 5.87. The maximum Gasteiger partial charge on any atom is 0.244 e. The molecule has 0 heterocycles. The largest absolute Gasteiger partial charge is 0.398 e. The molecule has 4 nitrogen and oxygen atoms in total. The summed E-state index contributed by atoms with van der Waals surface area (Å²) in [5.41, 5.74) is 5.52. The standard InChI is InChI=1S/C12H18BrFN2O2S/c1-8(2)4-5-16(3)19(17,18)12-6-9(13)10(14)7-11(12)15/h6-8H,4-5,15H2,1-3H3. The molecule has 0 radical (unpaired) electrons. The maximum absolute atomic E-state index is 13.3. The SMILES string of the molecule is CC(C)CCN(C)S(=O)(=O)c1cc(Br)c(F)cc1N. The average molecular weight is 353 g/mol. The summed E-state index contributed by atoms with van der Waals surface area (Å²) in [5.74, 6) is -0.184. The van der Waals surface area contributed by atoms with E-state index in [-0.39, 0.29) is 15.1 Å². The molecule has 0 atom stereocenters. The predicted octanol–water partition coefficient (Wildman–Crippen LogP) is 2.84. The Labute approximate surface area is 122 Å². The van der Waals surface area contributed by atoms with Gasteiger partial charge in [0.1, 0.15) is 10.7 Å². The summed E-state index contributed by atoms with van der Waals surface area (Å²) in [7, 11) is -2.20. The minimum Gasteiger partial charge on any atom is -0.398 e. The molecular formula is C12H18BrFN2O2S. The third-order valence-electron chi connectivity index (χ3n) is 2.76. The van der Waals surface area contributed by atoms with Gasteiger partial charge in [-0.15, -0.1) is 0 Å². The zero-order chi connectivity index (χ0) is 14.8. The molecule has 1 aromatic rings. The monoisotopic (exact) mass is 352 g/mol. The normalized spacial score (nSPS) is 12.4. The van der Waals surface area contributed by atoms with Crippen molar-refractivity contribution in [2.45, 2.75) is 25.2 Å². The maximum atomic E-state index is 13.3. The van der Waals surface area contributed by atoms with E-state index in [1.165, 1.54) is 17.4 Å². The Morgan fingerprint density at radius 2 is 2.00 bits per heavy atom. The quantitative estimate of drug-likeness (QED) is 0.828. The minimum atomic E-state index is -3.69. The summed E-state index contributed by atoms with van der Waals surface area (Å²) in [6, 6.07) is 2.21. The first kappa shape index (κ1) is 16.4. The van der Waals surface area contributed by atoms with Crippen LogP contribution in [0.2, 0.25) is 0 Å². The molecular weight excluding hydrogens is 335 g/mol. The molecule has 2 N–H and O–H groups in total. The second-order valence-corrected chi connectivity index (χ2v) is 7.68. The highest BCUT2D eigenvalue weighted by Gasteiger charge is 2.24. The molecule has 1 aromatic carbocycles. The summed E-state index contributed by atoms with van der Waals surface area (Å²) < 4.78 is 39.3. The lowest BCUT2D eigenvalue weighted by molar-refractivity contribution is 0.428. The first-order chi connectivity index (χ1) is 8.66. The molecule has 0 aliphatic rings.